The first kappa shape index (κ1) is 34.1. The third-order valence-electron chi connectivity index (χ3n) is 7.61. The van der Waals surface area contributed by atoms with E-state index in [-0.39, 0.29) is 24.0 Å². The summed E-state index contributed by atoms with van der Waals surface area (Å²) in [6.07, 6.45) is 3.82. The van der Waals surface area contributed by atoms with Gasteiger partial charge in [-0.1, -0.05) is 62.7 Å². The Hall–Kier alpha value is -5.26. The van der Waals surface area contributed by atoms with Gasteiger partial charge in [0, 0.05) is 42.0 Å². The molecule has 0 radical (unpaired) electrons. The van der Waals surface area contributed by atoms with Crippen LogP contribution in [0.15, 0.2) is 85.2 Å². The lowest BCUT2D eigenvalue weighted by molar-refractivity contribution is -0.121. The van der Waals surface area contributed by atoms with Crippen molar-refractivity contribution in [3.8, 4) is 11.4 Å². The van der Waals surface area contributed by atoms with Crippen LogP contribution < -0.4 is 20.7 Å². The summed E-state index contributed by atoms with van der Waals surface area (Å²) in [5.41, 5.74) is 4.77. The molecule has 0 aliphatic rings. The first-order valence-electron chi connectivity index (χ1n) is 15.8. The van der Waals surface area contributed by atoms with Crippen molar-refractivity contribution in [2.24, 2.45) is 0 Å². The third-order valence-corrected chi connectivity index (χ3v) is 7.61. The molecule has 3 amide bonds. The Kier molecular flexibility index (Phi) is 11.0. The Morgan fingerprint density at radius 1 is 0.854 bits per heavy atom. The van der Waals surface area contributed by atoms with Gasteiger partial charge in [0.05, 0.1) is 48.8 Å². The van der Waals surface area contributed by atoms with E-state index in [1.807, 2.05) is 79.7 Å². The van der Waals surface area contributed by atoms with Gasteiger partial charge in [0.2, 0.25) is 5.91 Å². The van der Waals surface area contributed by atoms with E-state index >= 15 is 0 Å². The van der Waals surface area contributed by atoms with E-state index in [4.69, 9.17) is 19.3 Å². The lowest BCUT2D eigenvalue weighted by atomic mass is 9.92. The highest BCUT2D eigenvalue weighted by Crippen LogP contribution is 2.32. The molecule has 11 nitrogen and oxygen atoms in total. The summed E-state index contributed by atoms with van der Waals surface area (Å²) in [6, 6.07) is 22.8. The molecule has 5 rings (SSSR count). The first-order chi connectivity index (χ1) is 23.1. The Morgan fingerprint density at radius 2 is 1.62 bits per heavy atom. The van der Waals surface area contributed by atoms with Crippen molar-refractivity contribution in [3.05, 3.63) is 102 Å². The Balaban J connectivity index is 1.27. The second-order valence-electron chi connectivity index (χ2n) is 12.4. The summed E-state index contributed by atoms with van der Waals surface area (Å²) in [7, 11) is 1.58. The molecular weight excluding hydrogens is 608 g/mol. The molecule has 5 aromatic rings. The Bertz CT molecular complexity index is 1860. The van der Waals surface area contributed by atoms with E-state index < -0.39 is 0 Å². The van der Waals surface area contributed by atoms with Crippen molar-refractivity contribution < 1.29 is 23.8 Å². The van der Waals surface area contributed by atoms with Gasteiger partial charge in [-0.3, -0.25) is 15.1 Å². The van der Waals surface area contributed by atoms with E-state index in [0.717, 1.165) is 33.3 Å². The molecule has 2 heterocycles. The molecule has 0 saturated heterocycles. The fourth-order valence-corrected chi connectivity index (χ4v) is 5.01. The zero-order valence-electron chi connectivity index (χ0n) is 28.0. The number of methoxy groups -OCH3 is 1. The van der Waals surface area contributed by atoms with Crippen molar-refractivity contribution in [2.45, 2.75) is 39.5 Å². The Labute approximate surface area is 280 Å². The number of fused-ring (bicyclic) bond motifs is 1. The average molecular weight is 651 g/mol. The van der Waals surface area contributed by atoms with Crippen molar-refractivity contribution in [2.75, 3.05) is 49.5 Å². The van der Waals surface area contributed by atoms with E-state index in [2.05, 4.69) is 41.7 Å². The zero-order chi connectivity index (χ0) is 34.1. The second-order valence-corrected chi connectivity index (χ2v) is 12.4. The lowest BCUT2D eigenvalue weighted by Crippen LogP contribution is -2.21. The first-order valence-corrected chi connectivity index (χ1v) is 15.8. The van der Waals surface area contributed by atoms with Crippen LogP contribution in [0.3, 0.4) is 0 Å². The summed E-state index contributed by atoms with van der Waals surface area (Å²) in [4.78, 5) is 29.9. The van der Waals surface area contributed by atoms with Crippen LogP contribution in [0, 0.1) is 6.92 Å². The van der Waals surface area contributed by atoms with E-state index in [0.29, 0.717) is 49.2 Å². The van der Waals surface area contributed by atoms with Gasteiger partial charge in [0.15, 0.2) is 0 Å². The second kappa shape index (κ2) is 15.6. The number of ether oxygens (including phenoxy) is 3. The molecule has 48 heavy (non-hydrogen) atoms. The maximum absolute atomic E-state index is 13.4. The Morgan fingerprint density at radius 3 is 2.38 bits per heavy atom. The monoisotopic (exact) mass is 650 g/mol. The molecule has 3 aromatic carbocycles. The maximum atomic E-state index is 13.4. The molecule has 2 aromatic heterocycles. The SMILES string of the molecule is COCCOCC(=O)Nc1cnccc1CCOc1ccc(NC(=O)Nc2cc(C(C)(C)C)nn2-c2ccc(C)cc2)c2ccccc12. The minimum Gasteiger partial charge on any atom is -0.493 e. The fraction of sp³-hybridized carbons (Fsp3) is 0.297. The van der Waals surface area contributed by atoms with Gasteiger partial charge in [0.1, 0.15) is 18.2 Å². The zero-order valence-corrected chi connectivity index (χ0v) is 28.0. The highest BCUT2D eigenvalue weighted by molar-refractivity contribution is 6.07. The molecule has 0 fully saturated rings. The molecule has 11 heteroatoms. The summed E-state index contributed by atoms with van der Waals surface area (Å²) >= 11 is 0. The highest BCUT2D eigenvalue weighted by Gasteiger charge is 2.22. The molecule has 0 atom stereocenters. The van der Waals surface area contributed by atoms with Crippen LogP contribution in [0.25, 0.3) is 16.5 Å². The highest BCUT2D eigenvalue weighted by atomic mass is 16.5. The van der Waals surface area contributed by atoms with E-state index in [1.165, 1.54) is 0 Å². The van der Waals surface area contributed by atoms with Gasteiger partial charge in [-0.05, 0) is 42.8 Å². The van der Waals surface area contributed by atoms with Crippen LogP contribution in [0.4, 0.5) is 22.0 Å². The predicted molar refractivity (Wildman–Crippen MR) is 188 cm³/mol. The molecule has 0 aliphatic carbocycles. The summed E-state index contributed by atoms with van der Waals surface area (Å²) in [6.45, 7) is 9.33. The van der Waals surface area contributed by atoms with Crippen molar-refractivity contribution in [3.63, 3.8) is 0 Å². The number of anilines is 3. The molecule has 250 valence electrons. The van der Waals surface area contributed by atoms with Crippen LogP contribution >= 0.6 is 0 Å². The largest absolute Gasteiger partial charge is 0.493 e. The summed E-state index contributed by atoms with van der Waals surface area (Å²) in [5, 5.41) is 15.4. The number of hydrogen-bond acceptors (Lipinski definition) is 7. The number of aryl methyl sites for hydroxylation is 1. The van der Waals surface area contributed by atoms with Crippen LogP contribution in [-0.2, 0) is 26.1 Å². The molecule has 0 aliphatic heterocycles. The van der Waals surface area contributed by atoms with Gasteiger partial charge in [-0.15, -0.1) is 0 Å². The quantitative estimate of drug-likeness (QED) is 0.118. The number of aromatic nitrogens is 3. The van der Waals surface area contributed by atoms with E-state index in [1.54, 1.807) is 24.2 Å². The van der Waals surface area contributed by atoms with E-state index in [9.17, 15) is 9.59 Å². The number of nitrogens with one attached hydrogen (secondary N) is 3. The molecule has 0 bridgehead atoms. The number of amides is 3. The smallest absolute Gasteiger partial charge is 0.324 e. The molecule has 0 unspecified atom stereocenters. The summed E-state index contributed by atoms with van der Waals surface area (Å²) < 4.78 is 18.2. The van der Waals surface area contributed by atoms with Gasteiger partial charge < -0.3 is 24.8 Å². The van der Waals surface area contributed by atoms with Gasteiger partial charge in [0.25, 0.3) is 0 Å². The normalized spacial score (nSPS) is 11.4. The van der Waals surface area contributed by atoms with Gasteiger partial charge in [-0.2, -0.15) is 5.10 Å². The number of benzene rings is 3. The number of carbonyl (C=O) groups excluding carboxylic acids is 2. The number of pyridine rings is 1. The maximum Gasteiger partial charge on any atom is 0.324 e. The van der Waals surface area contributed by atoms with Crippen LogP contribution in [0.5, 0.6) is 5.75 Å². The molecule has 3 N–H and O–H groups in total. The lowest BCUT2D eigenvalue weighted by Gasteiger charge is -2.15. The number of hydrogen-bond donors (Lipinski definition) is 3. The standard InChI is InChI=1S/C37H42N6O5/c1-25-10-12-27(13-11-25)43-34(22-33(42-43)37(2,3)4)41-36(45)40-30-14-15-32(29-9-7-6-8-28(29)30)48-19-17-26-16-18-38-23-31(26)39-35(44)24-47-21-20-46-5/h6-16,18,22-23H,17,19-21,24H2,1-5H3,(H,39,44)(H2,40,41,45). The molecule has 0 saturated carbocycles. The predicted octanol–water partition coefficient (Wildman–Crippen LogP) is 6.89. The molecule has 0 spiro atoms. The minimum atomic E-state index is -0.390. The fourth-order valence-electron chi connectivity index (χ4n) is 5.01. The number of carbonyl (C=O) groups is 2. The van der Waals surface area contributed by atoms with Crippen molar-refractivity contribution >= 4 is 39.9 Å². The van der Waals surface area contributed by atoms with Crippen LogP contribution in [0.1, 0.15) is 37.6 Å². The number of rotatable bonds is 13. The number of nitrogens with zero attached hydrogens (tertiary/aromatic N) is 3. The minimum absolute atomic E-state index is 0.0765. The van der Waals surface area contributed by atoms with Crippen LogP contribution in [0.2, 0.25) is 0 Å². The van der Waals surface area contributed by atoms with Gasteiger partial charge in [-0.25, -0.2) is 9.48 Å². The van der Waals surface area contributed by atoms with Crippen molar-refractivity contribution in [1.82, 2.24) is 14.8 Å². The average Bonchev–Trinajstić information content (AvgIpc) is 3.49. The van der Waals surface area contributed by atoms with Gasteiger partial charge >= 0.3 is 6.03 Å². The van der Waals surface area contributed by atoms with Crippen LogP contribution in [-0.4, -0.2) is 60.2 Å². The summed E-state index contributed by atoms with van der Waals surface area (Å²) in [5.74, 6) is 0.972. The molecular formula is C37H42N6O5. The van der Waals surface area contributed by atoms with Crippen molar-refractivity contribution in [1.29, 1.82) is 0 Å². The third kappa shape index (κ3) is 8.75. The number of urea groups is 1. The topological polar surface area (TPSA) is 129 Å².